The highest BCUT2D eigenvalue weighted by Crippen LogP contribution is 2.35. The Bertz CT molecular complexity index is 522. The van der Waals surface area contributed by atoms with Gasteiger partial charge in [-0.3, -0.25) is 0 Å². The minimum absolute atomic E-state index is 0.233. The zero-order valence-electron chi connectivity index (χ0n) is 10.1. The Morgan fingerprint density at radius 3 is 2.18 bits per heavy atom. The van der Waals surface area contributed by atoms with Crippen LogP contribution >= 0.6 is 11.6 Å². The molecule has 0 saturated heterocycles. The largest absolute Gasteiger partial charge is 0.467 e. The smallest absolute Gasteiger partial charge is 0.129 e. The van der Waals surface area contributed by atoms with E-state index in [2.05, 4.69) is 0 Å². The van der Waals surface area contributed by atoms with Crippen LogP contribution in [0.15, 0.2) is 28.9 Å². The van der Waals surface area contributed by atoms with Crippen LogP contribution in [0.25, 0.3) is 0 Å². The molecule has 0 radical (unpaired) electrons. The predicted molar refractivity (Wildman–Crippen MR) is 67.0 cm³/mol. The molecule has 0 aliphatic rings. The second kappa shape index (κ2) is 4.53. The van der Waals surface area contributed by atoms with Crippen molar-refractivity contribution in [2.45, 2.75) is 26.1 Å². The molecule has 2 aromatic rings. The van der Waals surface area contributed by atoms with Gasteiger partial charge in [0.25, 0.3) is 0 Å². The topological polar surface area (TPSA) is 13.1 Å². The van der Waals surface area contributed by atoms with Crippen LogP contribution in [-0.2, 0) is 0 Å². The number of hydrogen-bond acceptors (Lipinski definition) is 1. The van der Waals surface area contributed by atoms with Gasteiger partial charge < -0.3 is 4.42 Å². The first-order valence-electron chi connectivity index (χ1n) is 5.45. The number of halogens is 2. The summed E-state index contributed by atoms with van der Waals surface area (Å²) >= 11 is 6.42. The summed E-state index contributed by atoms with van der Waals surface area (Å²) in [6.45, 7) is 5.67. The van der Waals surface area contributed by atoms with E-state index in [4.69, 9.17) is 16.0 Å². The number of furan rings is 1. The maximum absolute atomic E-state index is 13.2. The summed E-state index contributed by atoms with van der Waals surface area (Å²) < 4.78 is 18.6. The first-order chi connectivity index (χ1) is 8.00. The quantitative estimate of drug-likeness (QED) is 0.708. The molecule has 1 aromatic carbocycles. The van der Waals surface area contributed by atoms with E-state index in [1.807, 2.05) is 26.8 Å². The van der Waals surface area contributed by atoms with E-state index in [9.17, 15) is 4.39 Å². The number of rotatable bonds is 2. The van der Waals surface area contributed by atoms with Crippen LogP contribution in [0.2, 0.25) is 0 Å². The molecule has 0 bridgehead atoms. The normalized spacial score (nSPS) is 12.8. The Kier molecular flexibility index (Phi) is 3.25. The van der Waals surface area contributed by atoms with E-state index in [0.29, 0.717) is 0 Å². The Morgan fingerprint density at radius 2 is 1.71 bits per heavy atom. The lowest BCUT2D eigenvalue weighted by atomic mass is 9.97. The number of aryl methyl sites for hydroxylation is 3. The molecule has 0 aliphatic carbocycles. The van der Waals surface area contributed by atoms with Crippen molar-refractivity contribution in [3.05, 3.63) is 58.3 Å². The summed E-state index contributed by atoms with van der Waals surface area (Å²) in [7, 11) is 0. The highest BCUT2D eigenvalue weighted by molar-refractivity contribution is 6.22. The Labute approximate surface area is 105 Å². The van der Waals surface area contributed by atoms with Crippen molar-refractivity contribution in [2.24, 2.45) is 0 Å². The highest BCUT2D eigenvalue weighted by atomic mass is 35.5. The van der Waals surface area contributed by atoms with Gasteiger partial charge >= 0.3 is 0 Å². The molecule has 0 aliphatic heterocycles. The molecular formula is C14H14ClFO. The Balaban J connectivity index is 2.51. The van der Waals surface area contributed by atoms with Crippen LogP contribution in [0.4, 0.5) is 4.39 Å². The molecule has 0 amide bonds. The van der Waals surface area contributed by atoms with Gasteiger partial charge in [-0.15, -0.1) is 11.6 Å². The molecule has 0 fully saturated rings. The fourth-order valence-corrected chi connectivity index (χ4v) is 2.66. The lowest BCUT2D eigenvalue weighted by molar-refractivity contribution is 0.512. The first-order valence-corrected chi connectivity index (χ1v) is 5.89. The maximum atomic E-state index is 13.2. The lowest BCUT2D eigenvalue weighted by Gasteiger charge is -2.15. The average Bonchev–Trinajstić information content (AvgIpc) is 2.62. The van der Waals surface area contributed by atoms with Gasteiger partial charge in [0.15, 0.2) is 0 Å². The number of benzene rings is 1. The molecule has 0 spiro atoms. The molecule has 1 heterocycles. The van der Waals surface area contributed by atoms with Gasteiger partial charge in [-0.05, 0) is 61.2 Å². The van der Waals surface area contributed by atoms with Gasteiger partial charge in [0.2, 0.25) is 0 Å². The highest BCUT2D eigenvalue weighted by Gasteiger charge is 2.20. The second-order valence-electron chi connectivity index (χ2n) is 4.28. The molecule has 1 unspecified atom stereocenters. The first kappa shape index (κ1) is 12.2. The molecule has 0 N–H and O–H groups in total. The second-order valence-corrected chi connectivity index (χ2v) is 4.72. The lowest BCUT2D eigenvalue weighted by Crippen LogP contribution is -2.01. The molecule has 1 atom stereocenters. The van der Waals surface area contributed by atoms with Crippen molar-refractivity contribution < 1.29 is 8.81 Å². The van der Waals surface area contributed by atoms with E-state index in [0.717, 1.165) is 28.0 Å². The van der Waals surface area contributed by atoms with Gasteiger partial charge in [0.05, 0.1) is 6.26 Å². The summed E-state index contributed by atoms with van der Waals surface area (Å²) in [6, 6.07) is 4.87. The zero-order chi connectivity index (χ0) is 12.6. The van der Waals surface area contributed by atoms with Crippen LogP contribution < -0.4 is 0 Å². The van der Waals surface area contributed by atoms with Crippen molar-refractivity contribution in [1.82, 2.24) is 0 Å². The van der Waals surface area contributed by atoms with Crippen molar-refractivity contribution in [3.8, 4) is 0 Å². The van der Waals surface area contributed by atoms with Gasteiger partial charge in [0, 0.05) is 0 Å². The van der Waals surface area contributed by atoms with Gasteiger partial charge in [-0.2, -0.15) is 0 Å². The van der Waals surface area contributed by atoms with Gasteiger partial charge in [0.1, 0.15) is 17.0 Å². The van der Waals surface area contributed by atoms with E-state index in [-0.39, 0.29) is 11.2 Å². The summed E-state index contributed by atoms with van der Waals surface area (Å²) in [5.74, 6) is 0.494. The molecule has 90 valence electrons. The average molecular weight is 253 g/mol. The Morgan fingerprint density at radius 1 is 1.12 bits per heavy atom. The fraction of sp³-hybridized carbons (Fsp3) is 0.286. The maximum Gasteiger partial charge on any atom is 0.129 e. The van der Waals surface area contributed by atoms with Crippen molar-refractivity contribution in [2.75, 3.05) is 0 Å². The Hall–Kier alpha value is -1.28. The van der Waals surface area contributed by atoms with E-state index < -0.39 is 0 Å². The predicted octanol–water partition coefficient (Wildman–Crippen LogP) is 4.67. The standard InChI is InChI=1S/C14H14ClFO/c1-8-4-5-17-14(8)13(15)12-9(2)6-11(16)7-10(12)3/h4-7,13H,1-3H3. The minimum Gasteiger partial charge on any atom is -0.467 e. The van der Waals surface area contributed by atoms with Crippen molar-refractivity contribution in [1.29, 1.82) is 0 Å². The van der Waals surface area contributed by atoms with Crippen LogP contribution in [0, 0.1) is 26.6 Å². The molecule has 17 heavy (non-hydrogen) atoms. The third kappa shape index (κ3) is 2.22. The summed E-state index contributed by atoms with van der Waals surface area (Å²) in [6.07, 6.45) is 1.62. The summed E-state index contributed by atoms with van der Waals surface area (Å²) in [5.41, 5.74) is 3.62. The molecule has 3 heteroatoms. The van der Waals surface area contributed by atoms with Crippen LogP contribution in [0.5, 0.6) is 0 Å². The third-order valence-corrected chi connectivity index (χ3v) is 3.36. The van der Waals surface area contributed by atoms with Crippen LogP contribution in [-0.4, -0.2) is 0 Å². The molecular weight excluding hydrogens is 239 g/mol. The summed E-state index contributed by atoms with van der Waals surface area (Å²) in [4.78, 5) is 0. The van der Waals surface area contributed by atoms with Crippen LogP contribution in [0.1, 0.15) is 33.4 Å². The van der Waals surface area contributed by atoms with Crippen LogP contribution in [0.3, 0.4) is 0 Å². The molecule has 1 aromatic heterocycles. The summed E-state index contributed by atoms with van der Waals surface area (Å²) in [5, 5.41) is -0.370. The van der Waals surface area contributed by atoms with E-state index in [1.165, 1.54) is 12.1 Å². The third-order valence-electron chi connectivity index (χ3n) is 2.94. The number of hydrogen-bond donors (Lipinski definition) is 0. The molecule has 0 saturated carbocycles. The number of alkyl halides is 1. The van der Waals surface area contributed by atoms with Gasteiger partial charge in [-0.25, -0.2) is 4.39 Å². The van der Waals surface area contributed by atoms with Crippen molar-refractivity contribution in [3.63, 3.8) is 0 Å². The zero-order valence-corrected chi connectivity index (χ0v) is 10.8. The van der Waals surface area contributed by atoms with E-state index >= 15 is 0 Å². The minimum atomic E-state index is -0.370. The SMILES string of the molecule is Cc1ccoc1C(Cl)c1c(C)cc(F)cc1C. The molecule has 1 nitrogen and oxygen atoms in total. The monoisotopic (exact) mass is 252 g/mol. The van der Waals surface area contributed by atoms with Crippen molar-refractivity contribution >= 4 is 11.6 Å². The molecule has 2 rings (SSSR count). The fourth-order valence-electron chi connectivity index (χ4n) is 2.10. The van der Waals surface area contributed by atoms with E-state index in [1.54, 1.807) is 6.26 Å². The van der Waals surface area contributed by atoms with Gasteiger partial charge in [-0.1, -0.05) is 0 Å².